The maximum atomic E-state index is 10.9. The molecule has 7 nitrogen and oxygen atoms in total. The third-order valence-electron chi connectivity index (χ3n) is 5.07. The van der Waals surface area contributed by atoms with E-state index in [0.717, 1.165) is 37.9 Å². The van der Waals surface area contributed by atoms with Gasteiger partial charge in [0, 0.05) is 31.8 Å². The molecule has 1 saturated carbocycles. The first-order valence-corrected chi connectivity index (χ1v) is 9.45. The van der Waals surface area contributed by atoms with Crippen LogP contribution in [0, 0.1) is 15.5 Å². The first-order valence-electron chi connectivity index (χ1n) is 9.45. The minimum Gasteiger partial charge on any atom is -0.396 e. The van der Waals surface area contributed by atoms with Crippen LogP contribution in [0.5, 0.6) is 0 Å². The lowest BCUT2D eigenvalue weighted by Crippen LogP contribution is -2.44. The van der Waals surface area contributed by atoms with Gasteiger partial charge in [-0.15, -0.1) is 24.0 Å². The Balaban J connectivity index is 0.00000364. The molecule has 0 aromatic heterocycles. The van der Waals surface area contributed by atoms with Gasteiger partial charge in [0.05, 0.1) is 11.5 Å². The normalized spacial score (nSPS) is 16.3. The topological polar surface area (TPSA) is 99.8 Å². The second-order valence-corrected chi connectivity index (χ2v) is 7.01. The molecule has 8 heteroatoms. The number of nitrogens with zero attached hydrogens (tertiary/aromatic N) is 2. The Morgan fingerprint density at radius 2 is 2.04 bits per heavy atom. The van der Waals surface area contributed by atoms with Crippen molar-refractivity contribution >= 4 is 35.6 Å². The molecule has 0 atom stereocenters. The van der Waals surface area contributed by atoms with Gasteiger partial charge in [0.15, 0.2) is 5.96 Å². The first-order chi connectivity index (χ1) is 12.6. The minimum atomic E-state index is -0.390. The molecule has 2 rings (SSSR count). The number of hydrogen-bond acceptors (Lipinski definition) is 4. The quantitative estimate of drug-likeness (QED) is 0.170. The number of aliphatic hydroxyl groups excluding tert-OH is 1. The number of nitro benzene ring substituents is 1. The van der Waals surface area contributed by atoms with E-state index in [1.165, 1.54) is 25.3 Å². The molecule has 1 fully saturated rings. The Morgan fingerprint density at radius 1 is 1.30 bits per heavy atom. The van der Waals surface area contributed by atoms with Crippen LogP contribution < -0.4 is 10.6 Å². The van der Waals surface area contributed by atoms with Gasteiger partial charge in [-0.25, -0.2) is 4.99 Å². The van der Waals surface area contributed by atoms with Gasteiger partial charge in [-0.1, -0.05) is 31.4 Å². The summed E-state index contributed by atoms with van der Waals surface area (Å²) in [5, 5.41) is 27.0. The average Bonchev–Trinajstić information content (AvgIpc) is 2.65. The number of nitrogens with one attached hydrogen (secondary N) is 2. The average molecular weight is 490 g/mol. The monoisotopic (exact) mass is 490 g/mol. The molecule has 0 heterocycles. The van der Waals surface area contributed by atoms with Gasteiger partial charge >= 0.3 is 0 Å². The predicted molar refractivity (Wildman–Crippen MR) is 119 cm³/mol. The lowest BCUT2D eigenvalue weighted by molar-refractivity contribution is -0.384. The smallest absolute Gasteiger partial charge is 0.269 e. The van der Waals surface area contributed by atoms with E-state index in [9.17, 15) is 15.2 Å². The van der Waals surface area contributed by atoms with Crippen LogP contribution in [-0.4, -0.2) is 35.7 Å². The molecule has 1 aliphatic rings. The highest BCUT2D eigenvalue weighted by Gasteiger charge is 2.31. The zero-order valence-corrected chi connectivity index (χ0v) is 18.3. The van der Waals surface area contributed by atoms with Crippen molar-refractivity contribution in [3.8, 4) is 0 Å². The molecule has 0 spiro atoms. The summed E-state index contributed by atoms with van der Waals surface area (Å²) in [4.78, 5) is 15.1. The van der Waals surface area contributed by atoms with Crippen LogP contribution in [0.1, 0.15) is 51.0 Å². The standard InChI is InChI=1S/C19H30N4O3.HI/c1-2-20-18(21-14-16-7-6-8-17(13-16)23(25)26)22-15-19(11-12-24)9-4-3-5-10-19;/h6-8,13,24H,2-5,9-12,14-15H2,1H3,(H2,20,21,22);1H. The fourth-order valence-electron chi connectivity index (χ4n) is 3.61. The second kappa shape index (κ2) is 12.1. The van der Waals surface area contributed by atoms with Gasteiger partial charge in [-0.05, 0) is 37.2 Å². The van der Waals surface area contributed by atoms with Crippen molar-refractivity contribution in [2.45, 2.75) is 52.0 Å². The van der Waals surface area contributed by atoms with E-state index < -0.39 is 4.92 Å². The summed E-state index contributed by atoms with van der Waals surface area (Å²) in [6, 6.07) is 6.57. The number of guanidine groups is 1. The van der Waals surface area contributed by atoms with Crippen molar-refractivity contribution in [1.29, 1.82) is 0 Å². The highest BCUT2D eigenvalue weighted by Crippen LogP contribution is 2.38. The number of aliphatic imine (C=N–C) groups is 1. The zero-order chi connectivity index (χ0) is 18.8. The number of halogens is 1. The van der Waals surface area contributed by atoms with Gasteiger partial charge in [-0.2, -0.15) is 0 Å². The third-order valence-corrected chi connectivity index (χ3v) is 5.07. The number of non-ortho nitro benzene ring substituents is 1. The lowest BCUT2D eigenvalue weighted by Gasteiger charge is -2.37. The summed E-state index contributed by atoms with van der Waals surface area (Å²) in [5.41, 5.74) is 1.02. The maximum absolute atomic E-state index is 10.9. The molecule has 0 saturated heterocycles. The van der Waals surface area contributed by atoms with Crippen LogP contribution >= 0.6 is 24.0 Å². The summed E-state index contributed by atoms with van der Waals surface area (Å²) in [6.07, 6.45) is 6.76. The highest BCUT2D eigenvalue weighted by atomic mass is 127. The summed E-state index contributed by atoms with van der Waals surface area (Å²) >= 11 is 0. The van der Waals surface area contributed by atoms with Crippen molar-refractivity contribution in [3.05, 3.63) is 39.9 Å². The van der Waals surface area contributed by atoms with Crippen LogP contribution in [0.15, 0.2) is 29.3 Å². The van der Waals surface area contributed by atoms with Crippen molar-refractivity contribution in [1.82, 2.24) is 10.6 Å². The molecule has 1 aliphatic carbocycles. The number of nitro groups is 1. The van der Waals surface area contributed by atoms with Gasteiger partial charge in [-0.3, -0.25) is 10.1 Å². The van der Waals surface area contributed by atoms with Crippen molar-refractivity contribution < 1.29 is 10.0 Å². The van der Waals surface area contributed by atoms with Crippen molar-refractivity contribution in [2.24, 2.45) is 10.4 Å². The lowest BCUT2D eigenvalue weighted by atomic mass is 9.72. The molecule has 3 N–H and O–H groups in total. The largest absolute Gasteiger partial charge is 0.396 e. The third kappa shape index (κ3) is 7.61. The van der Waals surface area contributed by atoms with E-state index in [2.05, 4.69) is 15.6 Å². The Kier molecular flexibility index (Phi) is 10.6. The molecular formula is C19H31IN4O3. The number of hydrogen-bond donors (Lipinski definition) is 3. The summed E-state index contributed by atoms with van der Waals surface area (Å²) in [5.74, 6) is 0.710. The van der Waals surface area contributed by atoms with Gasteiger partial charge in [0.1, 0.15) is 0 Å². The van der Waals surface area contributed by atoms with E-state index in [1.807, 2.05) is 13.0 Å². The molecule has 1 aromatic rings. The Labute approximate surface area is 178 Å². The fraction of sp³-hybridized carbons (Fsp3) is 0.632. The Morgan fingerprint density at radius 3 is 2.67 bits per heavy atom. The number of benzene rings is 1. The summed E-state index contributed by atoms with van der Waals surface area (Å²) in [6.45, 7) is 4.13. The second-order valence-electron chi connectivity index (χ2n) is 7.01. The molecule has 0 unspecified atom stereocenters. The van der Waals surface area contributed by atoms with E-state index in [0.29, 0.717) is 12.5 Å². The van der Waals surface area contributed by atoms with Gasteiger partial charge in [0.25, 0.3) is 5.69 Å². The van der Waals surface area contributed by atoms with Gasteiger partial charge in [0.2, 0.25) is 0 Å². The predicted octanol–water partition coefficient (Wildman–Crippen LogP) is 3.60. The molecule has 0 amide bonds. The molecule has 0 radical (unpaired) electrons. The molecule has 1 aromatic carbocycles. The van der Waals surface area contributed by atoms with E-state index >= 15 is 0 Å². The summed E-state index contributed by atoms with van der Waals surface area (Å²) in [7, 11) is 0. The van der Waals surface area contributed by atoms with Crippen LogP contribution in [0.4, 0.5) is 5.69 Å². The van der Waals surface area contributed by atoms with E-state index in [1.54, 1.807) is 12.1 Å². The van der Waals surface area contributed by atoms with E-state index in [-0.39, 0.29) is 41.7 Å². The zero-order valence-electron chi connectivity index (χ0n) is 15.9. The first kappa shape index (κ1) is 23.6. The number of rotatable bonds is 8. The summed E-state index contributed by atoms with van der Waals surface area (Å²) < 4.78 is 0. The minimum absolute atomic E-state index is 0. The fourth-order valence-corrected chi connectivity index (χ4v) is 3.61. The molecule has 152 valence electrons. The van der Waals surface area contributed by atoms with Crippen molar-refractivity contribution in [2.75, 3.05) is 19.7 Å². The van der Waals surface area contributed by atoms with Crippen LogP contribution in [0.25, 0.3) is 0 Å². The Hall–Kier alpha value is -1.42. The molecular weight excluding hydrogens is 459 g/mol. The number of aliphatic hydroxyl groups is 1. The Bertz CT molecular complexity index is 613. The molecule has 0 aliphatic heterocycles. The van der Waals surface area contributed by atoms with Crippen LogP contribution in [0.2, 0.25) is 0 Å². The maximum Gasteiger partial charge on any atom is 0.269 e. The van der Waals surface area contributed by atoms with Crippen LogP contribution in [-0.2, 0) is 6.54 Å². The SMILES string of the molecule is CCNC(=NCc1cccc([N+](=O)[O-])c1)NCC1(CCO)CCCCC1.I. The van der Waals surface area contributed by atoms with Crippen molar-refractivity contribution in [3.63, 3.8) is 0 Å². The van der Waals surface area contributed by atoms with E-state index in [4.69, 9.17) is 0 Å². The molecule has 27 heavy (non-hydrogen) atoms. The van der Waals surface area contributed by atoms with Gasteiger partial charge < -0.3 is 15.7 Å². The highest BCUT2D eigenvalue weighted by molar-refractivity contribution is 14.0. The molecule has 0 bridgehead atoms. The van der Waals surface area contributed by atoms with Crippen LogP contribution in [0.3, 0.4) is 0 Å².